The Labute approximate surface area is 93.6 Å². The third-order valence-electron chi connectivity index (χ3n) is 2.19. The highest BCUT2D eigenvalue weighted by atomic mass is 32.1. The molecule has 0 bridgehead atoms. The van der Waals surface area contributed by atoms with E-state index in [9.17, 15) is 4.79 Å². The molecule has 0 amide bonds. The minimum Gasteiger partial charge on any atom is -0.477 e. The van der Waals surface area contributed by atoms with Crippen LogP contribution in [0.1, 0.15) is 36.1 Å². The number of aromatic nitrogens is 1. The Morgan fingerprint density at radius 1 is 1.60 bits per heavy atom. The van der Waals surface area contributed by atoms with E-state index in [1.165, 1.54) is 11.3 Å². The van der Waals surface area contributed by atoms with E-state index in [0.717, 1.165) is 11.7 Å². The highest BCUT2D eigenvalue weighted by molar-refractivity contribution is 7.17. The van der Waals surface area contributed by atoms with Gasteiger partial charge in [-0.3, -0.25) is 0 Å². The zero-order valence-corrected chi connectivity index (χ0v) is 10.3. The molecule has 1 N–H and O–H groups in total. The summed E-state index contributed by atoms with van der Waals surface area (Å²) in [5, 5.41) is 9.72. The van der Waals surface area contributed by atoms with Gasteiger partial charge < -0.3 is 10.0 Å². The van der Waals surface area contributed by atoms with E-state index in [2.05, 4.69) is 23.7 Å². The molecule has 1 heterocycles. The van der Waals surface area contributed by atoms with Gasteiger partial charge in [0, 0.05) is 12.6 Å². The van der Waals surface area contributed by atoms with Crippen LogP contribution < -0.4 is 4.90 Å². The van der Waals surface area contributed by atoms with Crippen LogP contribution in [0, 0.1) is 6.92 Å². The fourth-order valence-electron chi connectivity index (χ4n) is 1.42. The first-order valence-electron chi connectivity index (χ1n) is 4.94. The van der Waals surface area contributed by atoms with Crippen LogP contribution in [-0.2, 0) is 0 Å². The van der Waals surface area contributed by atoms with Gasteiger partial charge in [-0.1, -0.05) is 11.3 Å². The van der Waals surface area contributed by atoms with Gasteiger partial charge in [0.2, 0.25) is 0 Å². The van der Waals surface area contributed by atoms with Crippen LogP contribution in [0.15, 0.2) is 0 Å². The normalized spacial score (nSPS) is 10.7. The van der Waals surface area contributed by atoms with Crippen molar-refractivity contribution < 1.29 is 9.90 Å². The maximum atomic E-state index is 10.9. The van der Waals surface area contributed by atoms with Crippen molar-refractivity contribution in [3.8, 4) is 0 Å². The third kappa shape index (κ3) is 2.47. The Morgan fingerprint density at radius 3 is 2.53 bits per heavy atom. The number of aromatic carboxylic acids is 1. The second-order valence-corrected chi connectivity index (χ2v) is 4.57. The first-order chi connectivity index (χ1) is 6.97. The molecule has 0 saturated heterocycles. The van der Waals surface area contributed by atoms with E-state index >= 15 is 0 Å². The second-order valence-electron chi connectivity index (χ2n) is 3.60. The van der Waals surface area contributed by atoms with Crippen molar-refractivity contribution in [3.05, 3.63) is 10.6 Å². The summed E-state index contributed by atoms with van der Waals surface area (Å²) in [5.41, 5.74) is 0.599. The van der Waals surface area contributed by atoms with Crippen molar-refractivity contribution in [2.45, 2.75) is 33.7 Å². The number of carboxylic acid groups (broad SMARTS) is 1. The number of carboxylic acids is 1. The van der Waals surface area contributed by atoms with Crippen LogP contribution in [-0.4, -0.2) is 28.6 Å². The van der Waals surface area contributed by atoms with E-state index in [1.807, 2.05) is 6.92 Å². The van der Waals surface area contributed by atoms with Gasteiger partial charge in [-0.25, -0.2) is 9.78 Å². The molecular weight excluding hydrogens is 212 g/mol. The first-order valence-corrected chi connectivity index (χ1v) is 5.76. The summed E-state index contributed by atoms with van der Waals surface area (Å²) in [7, 11) is 0. The van der Waals surface area contributed by atoms with Crippen LogP contribution >= 0.6 is 11.3 Å². The zero-order chi connectivity index (χ0) is 11.6. The van der Waals surface area contributed by atoms with E-state index in [4.69, 9.17) is 5.11 Å². The first kappa shape index (κ1) is 12.0. The molecule has 0 saturated carbocycles. The molecule has 1 aromatic heterocycles. The average Bonchev–Trinajstić information content (AvgIpc) is 2.48. The van der Waals surface area contributed by atoms with E-state index in [-0.39, 0.29) is 0 Å². The van der Waals surface area contributed by atoms with Crippen LogP contribution in [0.2, 0.25) is 0 Å². The number of hydrogen-bond acceptors (Lipinski definition) is 4. The fraction of sp³-hybridized carbons (Fsp3) is 0.600. The van der Waals surface area contributed by atoms with Crippen LogP contribution in [0.3, 0.4) is 0 Å². The summed E-state index contributed by atoms with van der Waals surface area (Å²) in [6.45, 7) is 8.75. The number of anilines is 1. The number of thiazole rings is 1. The smallest absolute Gasteiger partial charge is 0.347 e. The van der Waals surface area contributed by atoms with Gasteiger partial charge in [0.15, 0.2) is 5.13 Å². The summed E-state index contributed by atoms with van der Waals surface area (Å²) in [4.78, 5) is 17.6. The monoisotopic (exact) mass is 228 g/mol. The summed E-state index contributed by atoms with van der Waals surface area (Å²) in [6, 6.07) is 0.335. The van der Waals surface area contributed by atoms with E-state index in [1.54, 1.807) is 6.92 Å². The molecule has 15 heavy (non-hydrogen) atoms. The van der Waals surface area contributed by atoms with Crippen molar-refractivity contribution in [1.82, 2.24) is 4.98 Å². The lowest BCUT2D eigenvalue weighted by Gasteiger charge is -2.23. The molecule has 5 heteroatoms. The molecule has 0 aliphatic carbocycles. The van der Waals surface area contributed by atoms with Gasteiger partial charge in [0.1, 0.15) is 4.88 Å². The van der Waals surface area contributed by atoms with Crippen molar-refractivity contribution in [2.24, 2.45) is 0 Å². The quantitative estimate of drug-likeness (QED) is 0.859. The Kier molecular flexibility index (Phi) is 3.68. The molecule has 1 aromatic rings. The van der Waals surface area contributed by atoms with Crippen molar-refractivity contribution in [1.29, 1.82) is 0 Å². The number of hydrogen-bond donors (Lipinski definition) is 1. The van der Waals surface area contributed by atoms with Gasteiger partial charge in [0.25, 0.3) is 0 Å². The van der Waals surface area contributed by atoms with Crippen molar-refractivity contribution in [3.63, 3.8) is 0 Å². The predicted octanol–water partition coefficient (Wildman–Crippen LogP) is 2.38. The molecule has 0 aliphatic rings. The lowest BCUT2D eigenvalue weighted by molar-refractivity contribution is 0.0701. The predicted molar refractivity (Wildman–Crippen MR) is 62.0 cm³/mol. The third-order valence-corrected chi connectivity index (χ3v) is 3.37. The molecule has 0 atom stereocenters. The molecule has 0 aliphatic heterocycles. The summed E-state index contributed by atoms with van der Waals surface area (Å²) >= 11 is 1.24. The standard InChI is InChI=1S/C10H16N2O2S/c1-5-12(6(2)3)10-11-7(4)8(15-10)9(13)14/h6H,5H2,1-4H3,(H,13,14). The summed E-state index contributed by atoms with van der Waals surface area (Å²) in [6.07, 6.45) is 0. The number of carbonyl (C=O) groups is 1. The maximum Gasteiger partial charge on any atom is 0.347 e. The minimum absolute atomic E-state index is 0.335. The highest BCUT2D eigenvalue weighted by Crippen LogP contribution is 2.27. The Bertz CT molecular complexity index is 360. The molecule has 0 aromatic carbocycles. The lowest BCUT2D eigenvalue weighted by atomic mass is 10.3. The van der Waals surface area contributed by atoms with Gasteiger partial charge in [-0.2, -0.15) is 0 Å². The van der Waals surface area contributed by atoms with Crippen molar-refractivity contribution >= 4 is 22.4 Å². The zero-order valence-electron chi connectivity index (χ0n) is 9.44. The maximum absolute atomic E-state index is 10.9. The van der Waals surface area contributed by atoms with Gasteiger partial charge in [-0.05, 0) is 27.7 Å². The molecule has 1 rings (SSSR count). The highest BCUT2D eigenvalue weighted by Gasteiger charge is 2.18. The molecule has 0 spiro atoms. The molecule has 0 unspecified atom stereocenters. The number of rotatable bonds is 4. The average molecular weight is 228 g/mol. The van der Waals surface area contributed by atoms with E-state index in [0.29, 0.717) is 16.6 Å². The van der Waals surface area contributed by atoms with E-state index < -0.39 is 5.97 Å². The Morgan fingerprint density at radius 2 is 2.20 bits per heavy atom. The summed E-state index contributed by atoms with van der Waals surface area (Å²) in [5.74, 6) is -0.893. The Balaban J connectivity index is 3.05. The minimum atomic E-state index is -0.893. The molecule has 4 nitrogen and oxygen atoms in total. The lowest BCUT2D eigenvalue weighted by Crippen LogP contribution is -2.30. The van der Waals surface area contributed by atoms with Gasteiger partial charge in [0.05, 0.1) is 5.69 Å². The number of aryl methyl sites for hydroxylation is 1. The van der Waals surface area contributed by atoms with Crippen LogP contribution in [0.5, 0.6) is 0 Å². The summed E-state index contributed by atoms with van der Waals surface area (Å²) < 4.78 is 0. The van der Waals surface area contributed by atoms with Gasteiger partial charge >= 0.3 is 5.97 Å². The SMILES string of the molecule is CCN(c1nc(C)c(C(=O)O)s1)C(C)C. The number of nitrogens with zero attached hydrogens (tertiary/aromatic N) is 2. The Hall–Kier alpha value is -1.10. The topological polar surface area (TPSA) is 53.4 Å². The van der Waals surface area contributed by atoms with Crippen LogP contribution in [0.25, 0.3) is 0 Å². The molecule has 0 radical (unpaired) electrons. The second kappa shape index (κ2) is 4.61. The largest absolute Gasteiger partial charge is 0.477 e. The molecule has 84 valence electrons. The van der Waals surface area contributed by atoms with Crippen LogP contribution in [0.4, 0.5) is 5.13 Å². The van der Waals surface area contributed by atoms with Crippen molar-refractivity contribution in [2.75, 3.05) is 11.4 Å². The molecule has 0 fully saturated rings. The fourth-order valence-corrected chi connectivity index (χ4v) is 2.53. The van der Waals surface area contributed by atoms with Gasteiger partial charge in [-0.15, -0.1) is 0 Å². The molecular formula is C10H16N2O2S.